The summed E-state index contributed by atoms with van der Waals surface area (Å²) >= 11 is 0. The van der Waals surface area contributed by atoms with Crippen molar-refractivity contribution in [3.05, 3.63) is 0 Å². The Morgan fingerprint density at radius 3 is 2.36 bits per heavy atom. The normalized spacial score (nSPS) is 34.6. The van der Waals surface area contributed by atoms with Crippen molar-refractivity contribution >= 4 is 0 Å². The standard InChI is InChI=1S/C9H18O2/c1-6(2)9(10)8-5-4-7(3)11-8/h6-10H,4-5H2,1-3H3. The van der Waals surface area contributed by atoms with Crippen molar-refractivity contribution in [1.82, 2.24) is 0 Å². The summed E-state index contributed by atoms with van der Waals surface area (Å²) in [5, 5.41) is 9.62. The Morgan fingerprint density at radius 2 is 2.00 bits per heavy atom. The fourth-order valence-electron chi connectivity index (χ4n) is 1.51. The molecule has 3 atom stereocenters. The molecule has 1 aliphatic heterocycles. The average molecular weight is 158 g/mol. The van der Waals surface area contributed by atoms with E-state index < -0.39 is 0 Å². The minimum absolute atomic E-state index is 0.0880. The van der Waals surface area contributed by atoms with Crippen LogP contribution in [0.25, 0.3) is 0 Å². The van der Waals surface area contributed by atoms with Gasteiger partial charge in [0.05, 0.1) is 18.3 Å². The molecule has 3 unspecified atom stereocenters. The zero-order valence-corrected chi connectivity index (χ0v) is 7.58. The van der Waals surface area contributed by atoms with E-state index in [-0.39, 0.29) is 12.2 Å². The smallest absolute Gasteiger partial charge is 0.0841 e. The predicted octanol–water partition coefficient (Wildman–Crippen LogP) is 1.57. The van der Waals surface area contributed by atoms with Crippen molar-refractivity contribution in [3.8, 4) is 0 Å². The quantitative estimate of drug-likeness (QED) is 0.661. The van der Waals surface area contributed by atoms with Gasteiger partial charge in [-0.1, -0.05) is 13.8 Å². The summed E-state index contributed by atoms with van der Waals surface area (Å²) in [5.74, 6) is 0.310. The highest BCUT2D eigenvalue weighted by Gasteiger charge is 2.29. The monoisotopic (exact) mass is 158 g/mol. The zero-order valence-electron chi connectivity index (χ0n) is 7.58. The van der Waals surface area contributed by atoms with Crippen LogP contribution < -0.4 is 0 Å². The summed E-state index contributed by atoms with van der Waals surface area (Å²) in [7, 11) is 0. The molecule has 1 rings (SSSR count). The fraction of sp³-hybridized carbons (Fsp3) is 1.00. The second-order valence-corrected chi connectivity index (χ2v) is 3.80. The van der Waals surface area contributed by atoms with Crippen molar-refractivity contribution in [2.75, 3.05) is 0 Å². The number of hydrogen-bond donors (Lipinski definition) is 1. The topological polar surface area (TPSA) is 29.5 Å². The summed E-state index contributed by atoms with van der Waals surface area (Å²) in [6.07, 6.45) is 2.26. The average Bonchev–Trinajstić information content (AvgIpc) is 2.34. The molecule has 11 heavy (non-hydrogen) atoms. The van der Waals surface area contributed by atoms with Crippen LogP contribution in [0.15, 0.2) is 0 Å². The van der Waals surface area contributed by atoms with E-state index in [4.69, 9.17) is 4.74 Å². The van der Waals surface area contributed by atoms with Gasteiger partial charge in [-0.2, -0.15) is 0 Å². The molecule has 0 aromatic rings. The molecule has 2 heteroatoms. The van der Waals surface area contributed by atoms with Gasteiger partial charge < -0.3 is 9.84 Å². The van der Waals surface area contributed by atoms with E-state index in [0.29, 0.717) is 12.0 Å². The molecule has 0 radical (unpaired) electrons. The van der Waals surface area contributed by atoms with Crippen LogP contribution in [0.4, 0.5) is 0 Å². The van der Waals surface area contributed by atoms with Gasteiger partial charge in [0.2, 0.25) is 0 Å². The molecular weight excluding hydrogens is 140 g/mol. The van der Waals surface area contributed by atoms with Crippen LogP contribution in [0.5, 0.6) is 0 Å². The summed E-state index contributed by atoms with van der Waals surface area (Å²) in [5.41, 5.74) is 0. The minimum Gasteiger partial charge on any atom is -0.390 e. The van der Waals surface area contributed by atoms with E-state index in [0.717, 1.165) is 12.8 Å². The largest absolute Gasteiger partial charge is 0.390 e. The molecule has 1 heterocycles. The molecule has 1 aliphatic rings. The first kappa shape index (κ1) is 9.01. The lowest BCUT2D eigenvalue weighted by atomic mass is 10.00. The third-order valence-corrected chi connectivity index (χ3v) is 2.33. The molecule has 1 fully saturated rings. The molecule has 0 amide bonds. The Kier molecular flexibility index (Phi) is 2.90. The maximum atomic E-state index is 9.62. The Bertz CT molecular complexity index is 123. The summed E-state index contributed by atoms with van der Waals surface area (Å²) in [4.78, 5) is 0. The fourth-order valence-corrected chi connectivity index (χ4v) is 1.51. The first-order valence-corrected chi connectivity index (χ1v) is 4.44. The van der Waals surface area contributed by atoms with Crippen LogP contribution in [-0.2, 0) is 4.74 Å². The van der Waals surface area contributed by atoms with Gasteiger partial charge >= 0.3 is 0 Å². The van der Waals surface area contributed by atoms with Gasteiger partial charge in [-0.05, 0) is 25.7 Å². The minimum atomic E-state index is -0.278. The highest BCUT2D eigenvalue weighted by molar-refractivity contribution is 4.78. The molecule has 1 saturated heterocycles. The summed E-state index contributed by atoms with van der Waals surface area (Å²) < 4.78 is 5.53. The van der Waals surface area contributed by atoms with Crippen molar-refractivity contribution < 1.29 is 9.84 Å². The first-order chi connectivity index (χ1) is 5.11. The van der Waals surface area contributed by atoms with Crippen LogP contribution in [0, 0.1) is 5.92 Å². The van der Waals surface area contributed by atoms with Crippen LogP contribution in [0.1, 0.15) is 33.6 Å². The van der Waals surface area contributed by atoms with Crippen LogP contribution in [-0.4, -0.2) is 23.4 Å². The van der Waals surface area contributed by atoms with Gasteiger partial charge in [-0.3, -0.25) is 0 Å². The molecule has 66 valence electrons. The van der Waals surface area contributed by atoms with Crippen LogP contribution in [0.2, 0.25) is 0 Å². The molecular formula is C9H18O2. The first-order valence-electron chi connectivity index (χ1n) is 4.44. The lowest BCUT2D eigenvalue weighted by Crippen LogP contribution is -2.30. The van der Waals surface area contributed by atoms with Gasteiger partial charge in [0.1, 0.15) is 0 Å². The molecule has 0 spiro atoms. The number of hydrogen-bond acceptors (Lipinski definition) is 2. The van der Waals surface area contributed by atoms with Crippen molar-refractivity contribution in [1.29, 1.82) is 0 Å². The van der Waals surface area contributed by atoms with Gasteiger partial charge in [0.25, 0.3) is 0 Å². The van der Waals surface area contributed by atoms with E-state index in [1.54, 1.807) is 0 Å². The lowest BCUT2D eigenvalue weighted by Gasteiger charge is -2.21. The second-order valence-electron chi connectivity index (χ2n) is 3.80. The Hall–Kier alpha value is -0.0800. The number of rotatable bonds is 2. The Labute approximate surface area is 68.6 Å². The second kappa shape index (κ2) is 3.55. The molecule has 1 N–H and O–H groups in total. The highest BCUT2D eigenvalue weighted by atomic mass is 16.5. The third-order valence-electron chi connectivity index (χ3n) is 2.33. The van der Waals surface area contributed by atoms with Crippen molar-refractivity contribution in [2.24, 2.45) is 5.92 Å². The molecule has 0 aromatic carbocycles. The molecule has 0 bridgehead atoms. The van der Waals surface area contributed by atoms with Crippen molar-refractivity contribution in [3.63, 3.8) is 0 Å². The molecule has 0 aromatic heterocycles. The van der Waals surface area contributed by atoms with E-state index in [1.807, 2.05) is 13.8 Å². The highest BCUT2D eigenvalue weighted by Crippen LogP contribution is 2.24. The van der Waals surface area contributed by atoms with Gasteiger partial charge in [0.15, 0.2) is 0 Å². The van der Waals surface area contributed by atoms with E-state index in [9.17, 15) is 5.11 Å². The van der Waals surface area contributed by atoms with Crippen LogP contribution in [0.3, 0.4) is 0 Å². The van der Waals surface area contributed by atoms with Gasteiger partial charge in [-0.25, -0.2) is 0 Å². The van der Waals surface area contributed by atoms with E-state index in [1.165, 1.54) is 0 Å². The van der Waals surface area contributed by atoms with Gasteiger partial charge in [0, 0.05) is 0 Å². The maximum absolute atomic E-state index is 9.62. The summed E-state index contributed by atoms with van der Waals surface area (Å²) in [6, 6.07) is 0. The molecule has 2 nitrogen and oxygen atoms in total. The molecule has 0 aliphatic carbocycles. The summed E-state index contributed by atoms with van der Waals surface area (Å²) in [6.45, 7) is 6.11. The number of aliphatic hydroxyl groups excluding tert-OH is 1. The van der Waals surface area contributed by atoms with E-state index >= 15 is 0 Å². The van der Waals surface area contributed by atoms with Gasteiger partial charge in [-0.15, -0.1) is 0 Å². The zero-order chi connectivity index (χ0) is 8.43. The third kappa shape index (κ3) is 2.17. The van der Waals surface area contributed by atoms with Crippen LogP contribution >= 0.6 is 0 Å². The number of ether oxygens (including phenoxy) is 1. The maximum Gasteiger partial charge on any atom is 0.0841 e. The lowest BCUT2D eigenvalue weighted by molar-refractivity contribution is -0.0468. The predicted molar refractivity (Wildman–Crippen MR) is 44.4 cm³/mol. The van der Waals surface area contributed by atoms with Crippen molar-refractivity contribution in [2.45, 2.75) is 51.9 Å². The Morgan fingerprint density at radius 1 is 1.36 bits per heavy atom. The molecule has 0 saturated carbocycles. The Balaban J connectivity index is 2.36. The number of aliphatic hydroxyl groups is 1. The SMILES string of the molecule is CC1CCC(C(O)C(C)C)O1. The van der Waals surface area contributed by atoms with E-state index in [2.05, 4.69) is 6.92 Å².